The van der Waals surface area contributed by atoms with Crippen LogP contribution in [-0.4, -0.2) is 16.7 Å². The van der Waals surface area contributed by atoms with Gasteiger partial charge in [-0.2, -0.15) is 4.98 Å². The summed E-state index contributed by atoms with van der Waals surface area (Å²) in [6, 6.07) is 9.22. The number of hydrogen-bond donors (Lipinski definition) is 0. The first-order chi connectivity index (χ1) is 8.15. The Labute approximate surface area is 103 Å². The first-order valence-corrected chi connectivity index (χ1v) is 5.41. The van der Waals surface area contributed by atoms with Crippen molar-refractivity contribution in [2.75, 3.05) is 7.11 Å². The summed E-state index contributed by atoms with van der Waals surface area (Å²) in [6.45, 7) is 1.74. The molecular weight excluding hydrogens is 240 g/mol. The number of methoxy groups -OCH3 is 1. The molecule has 0 radical (unpaired) electrons. The van der Waals surface area contributed by atoms with Crippen molar-refractivity contribution in [3.63, 3.8) is 0 Å². The number of aromatic nitrogens is 2. The summed E-state index contributed by atoms with van der Waals surface area (Å²) in [5, 5.41) is 0.255. The van der Waals surface area contributed by atoms with Gasteiger partial charge in [0, 0.05) is 5.69 Å². The molecule has 0 aliphatic rings. The summed E-state index contributed by atoms with van der Waals surface area (Å²) < 4.78 is 6.39. The van der Waals surface area contributed by atoms with Crippen molar-refractivity contribution in [2.24, 2.45) is 0 Å². The second kappa shape index (κ2) is 4.59. The zero-order valence-electron chi connectivity index (χ0n) is 9.48. The minimum absolute atomic E-state index is 0.00977. The fourth-order valence-corrected chi connectivity index (χ4v) is 1.74. The summed E-state index contributed by atoms with van der Waals surface area (Å²) in [6.07, 6.45) is 0. The molecule has 0 saturated heterocycles. The van der Waals surface area contributed by atoms with Crippen LogP contribution in [0.25, 0.3) is 5.69 Å². The van der Waals surface area contributed by atoms with E-state index in [9.17, 15) is 4.79 Å². The molecule has 0 atom stereocenters. The van der Waals surface area contributed by atoms with Gasteiger partial charge in [0.1, 0.15) is 0 Å². The monoisotopic (exact) mass is 250 g/mol. The lowest BCUT2D eigenvalue weighted by Gasteiger charge is -2.11. The predicted octanol–water partition coefficient (Wildman–Crippen LogP) is 2.20. The third kappa shape index (κ3) is 2.03. The summed E-state index contributed by atoms with van der Waals surface area (Å²) in [7, 11) is 1.39. The minimum Gasteiger partial charge on any atom is -0.477 e. The fraction of sp³-hybridized carbons (Fsp3) is 0.167. The van der Waals surface area contributed by atoms with Gasteiger partial charge in [-0.1, -0.05) is 29.8 Å². The van der Waals surface area contributed by atoms with E-state index in [-0.39, 0.29) is 16.6 Å². The van der Waals surface area contributed by atoms with Gasteiger partial charge in [0.2, 0.25) is 0 Å². The van der Waals surface area contributed by atoms with Crippen molar-refractivity contribution >= 4 is 11.6 Å². The van der Waals surface area contributed by atoms with E-state index < -0.39 is 0 Å². The minimum atomic E-state index is -0.319. The quantitative estimate of drug-likeness (QED) is 0.821. The number of para-hydroxylation sites is 1. The van der Waals surface area contributed by atoms with Gasteiger partial charge in [-0.05, 0) is 19.1 Å². The molecule has 0 unspecified atom stereocenters. The number of rotatable bonds is 2. The SMILES string of the molecule is COc1nc(Cl)c(C)n(-c2ccccc2)c1=O. The second-order valence-corrected chi connectivity index (χ2v) is 3.83. The molecule has 0 bridgehead atoms. The van der Waals surface area contributed by atoms with Crippen molar-refractivity contribution in [1.29, 1.82) is 0 Å². The van der Waals surface area contributed by atoms with Crippen LogP contribution in [0.4, 0.5) is 0 Å². The number of hydrogen-bond acceptors (Lipinski definition) is 3. The van der Waals surface area contributed by atoms with E-state index in [1.165, 1.54) is 11.7 Å². The molecule has 0 amide bonds. The highest BCUT2D eigenvalue weighted by molar-refractivity contribution is 6.30. The van der Waals surface area contributed by atoms with E-state index in [4.69, 9.17) is 16.3 Å². The Bertz CT molecular complexity index is 593. The highest BCUT2D eigenvalue weighted by Crippen LogP contribution is 2.17. The molecule has 0 aliphatic carbocycles. The molecule has 1 aromatic carbocycles. The van der Waals surface area contributed by atoms with Gasteiger partial charge in [0.05, 0.1) is 12.8 Å². The zero-order valence-corrected chi connectivity index (χ0v) is 10.2. The number of halogens is 1. The molecule has 4 nitrogen and oxygen atoms in total. The molecule has 1 heterocycles. The molecule has 17 heavy (non-hydrogen) atoms. The molecule has 0 aliphatic heterocycles. The third-order valence-electron chi connectivity index (χ3n) is 2.43. The van der Waals surface area contributed by atoms with Crippen LogP contribution in [-0.2, 0) is 0 Å². The van der Waals surface area contributed by atoms with Gasteiger partial charge in [0.15, 0.2) is 5.15 Å². The molecule has 0 N–H and O–H groups in total. The van der Waals surface area contributed by atoms with Crippen molar-refractivity contribution in [3.05, 3.63) is 51.5 Å². The molecule has 0 spiro atoms. The van der Waals surface area contributed by atoms with Gasteiger partial charge in [0.25, 0.3) is 5.88 Å². The maximum Gasteiger partial charge on any atom is 0.318 e. The number of ether oxygens (including phenoxy) is 1. The van der Waals surface area contributed by atoms with Crippen molar-refractivity contribution < 1.29 is 4.74 Å². The first-order valence-electron chi connectivity index (χ1n) is 5.03. The fourth-order valence-electron chi connectivity index (χ4n) is 1.58. The van der Waals surface area contributed by atoms with E-state index in [1.54, 1.807) is 6.92 Å². The number of nitrogens with zero attached hydrogens (tertiary/aromatic N) is 2. The van der Waals surface area contributed by atoms with Crippen molar-refractivity contribution in [1.82, 2.24) is 9.55 Å². The molecule has 2 rings (SSSR count). The van der Waals surface area contributed by atoms with Crippen LogP contribution in [0.2, 0.25) is 5.15 Å². The lowest BCUT2D eigenvalue weighted by molar-refractivity contribution is 0.388. The number of benzene rings is 1. The van der Waals surface area contributed by atoms with Crippen LogP contribution in [0.5, 0.6) is 5.88 Å². The summed E-state index contributed by atoms with van der Waals surface area (Å²) in [4.78, 5) is 16.0. The van der Waals surface area contributed by atoms with Crippen LogP contribution in [0.3, 0.4) is 0 Å². The Morgan fingerprint density at radius 3 is 2.53 bits per heavy atom. The van der Waals surface area contributed by atoms with Crippen LogP contribution in [0.15, 0.2) is 35.1 Å². The zero-order chi connectivity index (χ0) is 12.4. The van der Waals surface area contributed by atoms with Crippen LogP contribution >= 0.6 is 11.6 Å². The summed E-state index contributed by atoms with van der Waals surface area (Å²) >= 11 is 5.97. The molecule has 5 heteroatoms. The lowest BCUT2D eigenvalue weighted by Crippen LogP contribution is -2.23. The largest absolute Gasteiger partial charge is 0.477 e. The second-order valence-electron chi connectivity index (χ2n) is 3.47. The summed E-state index contributed by atoms with van der Waals surface area (Å²) in [5.41, 5.74) is 1.00. The molecule has 0 fully saturated rings. The maximum absolute atomic E-state index is 12.1. The highest BCUT2D eigenvalue weighted by atomic mass is 35.5. The molecule has 88 valence electrons. The predicted molar refractivity (Wildman–Crippen MR) is 66.1 cm³/mol. The maximum atomic E-state index is 12.1. The summed E-state index contributed by atoms with van der Waals surface area (Å²) in [5.74, 6) is -0.00977. The van der Waals surface area contributed by atoms with Gasteiger partial charge in [-0.25, -0.2) is 0 Å². The first kappa shape index (κ1) is 11.7. The molecule has 1 aromatic heterocycles. The van der Waals surface area contributed by atoms with Crippen molar-refractivity contribution in [3.8, 4) is 11.6 Å². The molecule has 0 saturated carbocycles. The normalized spacial score (nSPS) is 10.3. The Balaban J connectivity index is 2.77. The van der Waals surface area contributed by atoms with Gasteiger partial charge < -0.3 is 4.74 Å². The van der Waals surface area contributed by atoms with E-state index in [1.807, 2.05) is 30.3 Å². The highest BCUT2D eigenvalue weighted by Gasteiger charge is 2.13. The molecular formula is C12H11ClN2O2. The van der Waals surface area contributed by atoms with E-state index in [2.05, 4.69) is 4.98 Å². The topological polar surface area (TPSA) is 44.1 Å². The van der Waals surface area contributed by atoms with Gasteiger partial charge in [-0.15, -0.1) is 0 Å². The van der Waals surface area contributed by atoms with Gasteiger partial charge >= 0.3 is 5.56 Å². The van der Waals surface area contributed by atoms with Crippen LogP contribution in [0.1, 0.15) is 5.69 Å². The van der Waals surface area contributed by atoms with E-state index in [0.717, 1.165) is 5.69 Å². The average Bonchev–Trinajstić information content (AvgIpc) is 2.35. The Morgan fingerprint density at radius 1 is 1.29 bits per heavy atom. The standard InChI is InChI=1S/C12H11ClN2O2/c1-8-10(13)14-11(17-2)12(16)15(8)9-6-4-3-5-7-9/h3-7H,1-2H3. The van der Waals surface area contributed by atoms with Crippen LogP contribution in [0, 0.1) is 6.92 Å². The van der Waals surface area contributed by atoms with E-state index in [0.29, 0.717) is 5.69 Å². The van der Waals surface area contributed by atoms with Crippen molar-refractivity contribution in [2.45, 2.75) is 6.92 Å². The lowest BCUT2D eigenvalue weighted by atomic mass is 10.3. The van der Waals surface area contributed by atoms with E-state index >= 15 is 0 Å². The Hall–Kier alpha value is -1.81. The smallest absolute Gasteiger partial charge is 0.318 e. The third-order valence-corrected chi connectivity index (χ3v) is 2.79. The Kier molecular flexibility index (Phi) is 3.15. The van der Waals surface area contributed by atoms with Crippen LogP contribution < -0.4 is 10.3 Å². The average molecular weight is 251 g/mol. The van der Waals surface area contributed by atoms with Gasteiger partial charge in [-0.3, -0.25) is 9.36 Å². The molecule has 2 aromatic rings. The Morgan fingerprint density at radius 2 is 1.94 bits per heavy atom.